The van der Waals surface area contributed by atoms with Gasteiger partial charge in [0, 0.05) is 28.8 Å². The van der Waals surface area contributed by atoms with E-state index in [1.54, 1.807) is 0 Å². The molecule has 16 heavy (non-hydrogen) atoms. The first kappa shape index (κ1) is 6.91. The molecule has 0 aliphatic carbocycles. The topological polar surface area (TPSA) is 54.6 Å². The van der Waals surface area contributed by atoms with Crippen molar-refractivity contribution in [2.24, 2.45) is 0 Å². The standard InChI is InChI=1S/C11H11ClN2O2/c1-7-8(4-5-12)11(16)14-6-2-3-9(15)10(14)13-7/h2-3,6,15H,4-5H2,1H3/i4D2,5D2. The summed E-state index contributed by atoms with van der Waals surface area (Å²) < 4.78 is 31.2. The zero-order valence-corrected chi connectivity index (χ0v) is 9.12. The van der Waals surface area contributed by atoms with Gasteiger partial charge in [0.05, 0.1) is 0 Å². The lowest BCUT2D eigenvalue weighted by molar-refractivity contribution is 0.476. The molecule has 84 valence electrons. The van der Waals surface area contributed by atoms with Gasteiger partial charge in [0.25, 0.3) is 5.56 Å². The Kier molecular flexibility index (Phi) is 1.79. The van der Waals surface area contributed by atoms with E-state index in [9.17, 15) is 9.90 Å². The van der Waals surface area contributed by atoms with E-state index in [1.165, 1.54) is 25.3 Å². The van der Waals surface area contributed by atoms with Crippen LogP contribution in [0.3, 0.4) is 0 Å². The summed E-state index contributed by atoms with van der Waals surface area (Å²) >= 11 is 5.42. The third kappa shape index (κ3) is 1.65. The van der Waals surface area contributed by atoms with Crippen molar-refractivity contribution >= 4 is 17.2 Å². The molecule has 0 fully saturated rings. The van der Waals surface area contributed by atoms with Gasteiger partial charge >= 0.3 is 0 Å². The van der Waals surface area contributed by atoms with Gasteiger partial charge in [0.1, 0.15) is 0 Å². The van der Waals surface area contributed by atoms with Crippen molar-refractivity contribution in [3.63, 3.8) is 0 Å². The van der Waals surface area contributed by atoms with Gasteiger partial charge in [-0.25, -0.2) is 4.98 Å². The molecule has 0 aliphatic rings. The van der Waals surface area contributed by atoms with Crippen LogP contribution >= 0.6 is 11.6 Å². The van der Waals surface area contributed by atoms with Crippen molar-refractivity contribution in [3.05, 3.63) is 39.9 Å². The molecule has 0 amide bonds. The summed E-state index contributed by atoms with van der Waals surface area (Å²) in [4.78, 5) is 16.3. The van der Waals surface area contributed by atoms with Gasteiger partial charge in [-0.3, -0.25) is 9.20 Å². The fourth-order valence-electron chi connectivity index (χ4n) is 1.44. The maximum atomic E-state index is 12.3. The van der Waals surface area contributed by atoms with Crippen LogP contribution in [0.4, 0.5) is 0 Å². The van der Waals surface area contributed by atoms with Crippen LogP contribution < -0.4 is 5.56 Å². The van der Waals surface area contributed by atoms with Crippen molar-refractivity contribution in [1.29, 1.82) is 0 Å². The summed E-state index contributed by atoms with van der Waals surface area (Å²) in [6.45, 7) is 1.36. The third-order valence-corrected chi connectivity index (χ3v) is 2.28. The molecule has 0 unspecified atom stereocenters. The van der Waals surface area contributed by atoms with Crippen molar-refractivity contribution in [2.75, 3.05) is 5.83 Å². The van der Waals surface area contributed by atoms with Gasteiger partial charge < -0.3 is 5.11 Å². The zero-order chi connectivity index (χ0) is 15.3. The molecule has 1 N–H and O–H groups in total. The molecule has 0 atom stereocenters. The molecule has 0 saturated carbocycles. The lowest BCUT2D eigenvalue weighted by Gasteiger charge is -2.07. The minimum absolute atomic E-state index is 0.0222. The number of rotatable bonds is 2. The number of aromatic nitrogens is 2. The fourth-order valence-corrected chi connectivity index (χ4v) is 1.54. The van der Waals surface area contributed by atoms with Gasteiger partial charge in [-0.05, 0) is 25.4 Å². The van der Waals surface area contributed by atoms with Crippen LogP contribution in [0.1, 0.15) is 16.7 Å². The smallest absolute Gasteiger partial charge is 0.261 e. The van der Waals surface area contributed by atoms with Gasteiger partial charge in [-0.2, -0.15) is 0 Å². The molecule has 2 rings (SSSR count). The SMILES string of the molecule is [2H]C([2H])(Cl)C([2H])([2H])c1c(C)nc2c(O)cccn2c1=O. The molecule has 0 radical (unpaired) electrons. The molecule has 4 nitrogen and oxygen atoms in total. The summed E-state index contributed by atoms with van der Waals surface area (Å²) in [6.07, 6.45) is -1.41. The van der Waals surface area contributed by atoms with Gasteiger partial charge in [0.2, 0.25) is 0 Å². The summed E-state index contributed by atoms with van der Waals surface area (Å²) in [5.74, 6) is -3.00. The fraction of sp³-hybridized carbons (Fsp3) is 0.273. The third-order valence-electron chi connectivity index (χ3n) is 2.19. The average molecular weight is 243 g/mol. The van der Waals surface area contributed by atoms with E-state index >= 15 is 0 Å². The van der Waals surface area contributed by atoms with Crippen LogP contribution in [0.5, 0.6) is 5.75 Å². The van der Waals surface area contributed by atoms with E-state index in [2.05, 4.69) is 4.98 Å². The molecule has 0 spiro atoms. The zero-order valence-electron chi connectivity index (χ0n) is 12.4. The second kappa shape index (κ2) is 4.14. The monoisotopic (exact) mass is 242 g/mol. The van der Waals surface area contributed by atoms with Crippen molar-refractivity contribution in [2.45, 2.75) is 13.3 Å². The van der Waals surface area contributed by atoms with Crippen LogP contribution in [-0.2, 0) is 6.37 Å². The first-order chi connectivity index (χ1) is 9.07. The lowest BCUT2D eigenvalue weighted by atomic mass is 10.2. The largest absolute Gasteiger partial charge is 0.504 e. The van der Waals surface area contributed by atoms with E-state index < -0.39 is 23.3 Å². The summed E-state index contributed by atoms with van der Waals surface area (Å²) in [6, 6.07) is 2.74. The Hall–Kier alpha value is -1.55. The van der Waals surface area contributed by atoms with Crippen LogP contribution in [0.25, 0.3) is 5.65 Å². The number of hydrogen-bond donors (Lipinski definition) is 1. The van der Waals surface area contributed by atoms with Gasteiger partial charge in [-0.1, -0.05) is 0 Å². The number of nitrogens with zero attached hydrogens (tertiary/aromatic N) is 2. The van der Waals surface area contributed by atoms with E-state index in [1.807, 2.05) is 0 Å². The number of aromatic hydroxyl groups is 1. The molecule has 5 heteroatoms. The quantitative estimate of drug-likeness (QED) is 0.812. The number of alkyl halides is 1. The minimum Gasteiger partial charge on any atom is -0.504 e. The van der Waals surface area contributed by atoms with E-state index in [4.69, 9.17) is 17.1 Å². The molecular weight excluding hydrogens is 228 g/mol. The van der Waals surface area contributed by atoms with E-state index in [0.29, 0.717) is 0 Å². The molecule has 0 aromatic carbocycles. The average Bonchev–Trinajstić information content (AvgIpc) is 2.29. The Balaban J connectivity index is 2.90. The van der Waals surface area contributed by atoms with Crippen LogP contribution in [-0.4, -0.2) is 20.3 Å². The summed E-state index contributed by atoms with van der Waals surface area (Å²) in [5.41, 5.74) is -1.32. The van der Waals surface area contributed by atoms with Gasteiger partial charge in [0.15, 0.2) is 11.4 Å². The number of hydrogen-bond acceptors (Lipinski definition) is 3. The number of aryl methyl sites for hydroxylation is 1. The predicted octanol–water partition coefficient (Wildman–Crippen LogP) is 1.49. The number of fused-ring (bicyclic) bond motifs is 1. The number of halogens is 1. The number of pyridine rings is 1. The van der Waals surface area contributed by atoms with Gasteiger partial charge in [-0.15, -0.1) is 11.6 Å². The second-order valence-corrected chi connectivity index (χ2v) is 3.37. The second-order valence-electron chi connectivity index (χ2n) is 3.18. The maximum absolute atomic E-state index is 12.3. The minimum atomic E-state index is -2.77. The molecule has 0 saturated heterocycles. The Morgan fingerprint density at radius 1 is 1.69 bits per heavy atom. The van der Waals surface area contributed by atoms with Crippen molar-refractivity contribution < 1.29 is 10.6 Å². The van der Waals surface area contributed by atoms with Crippen LogP contribution in [0.15, 0.2) is 23.1 Å². The molecule has 2 heterocycles. The van der Waals surface area contributed by atoms with Crippen molar-refractivity contribution in [3.8, 4) is 5.75 Å². The van der Waals surface area contributed by atoms with Crippen LogP contribution in [0, 0.1) is 6.92 Å². The highest BCUT2D eigenvalue weighted by Gasteiger charge is 2.10. The normalized spacial score (nSPS) is 16.4. The first-order valence-corrected chi connectivity index (χ1v) is 4.85. The molecule has 0 bridgehead atoms. The Morgan fingerprint density at radius 2 is 2.44 bits per heavy atom. The van der Waals surface area contributed by atoms with E-state index in [-0.39, 0.29) is 17.1 Å². The Bertz CT molecular complexity index is 740. The highest BCUT2D eigenvalue weighted by Crippen LogP contribution is 2.15. The lowest BCUT2D eigenvalue weighted by Crippen LogP contribution is -2.21. The Morgan fingerprint density at radius 3 is 3.12 bits per heavy atom. The molecule has 2 aromatic heterocycles. The Labute approximate surface area is 103 Å². The van der Waals surface area contributed by atoms with Crippen molar-refractivity contribution in [1.82, 2.24) is 9.38 Å². The summed E-state index contributed by atoms with van der Waals surface area (Å²) in [5, 5.41) is 9.66. The first-order valence-electron chi connectivity index (χ1n) is 6.47. The molecule has 2 aromatic rings. The summed E-state index contributed by atoms with van der Waals surface area (Å²) in [7, 11) is 0. The van der Waals surface area contributed by atoms with E-state index in [0.717, 1.165) is 4.40 Å². The predicted molar refractivity (Wildman–Crippen MR) is 62.3 cm³/mol. The maximum Gasteiger partial charge on any atom is 0.261 e. The highest BCUT2D eigenvalue weighted by atomic mass is 35.5. The molecular formula is C11H11ClN2O2. The molecule has 0 aliphatic heterocycles. The van der Waals surface area contributed by atoms with Crippen LogP contribution in [0.2, 0.25) is 0 Å². The highest BCUT2D eigenvalue weighted by molar-refractivity contribution is 6.18.